The predicted octanol–water partition coefficient (Wildman–Crippen LogP) is 1.27. The van der Waals surface area contributed by atoms with Crippen molar-refractivity contribution in [3.63, 3.8) is 0 Å². The molecule has 0 radical (unpaired) electrons. The van der Waals surface area contributed by atoms with E-state index < -0.39 is 6.35 Å². The second-order valence-corrected chi connectivity index (χ2v) is 9.36. The highest BCUT2D eigenvalue weighted by molar-refractivity contribution is 8.00. The summed E-state index contributed by atoms with van der Waals surface area (Å²) in [6, 6.07) is 0.539. The molecule has 5 N–H and O–H groups in total. The first kappa shape index (κ1) is 23.6. The first-order chi connectivity index (χ1) is 13.5. The minimum absolute atomic E-state index is 0.0116. The topological polar surface area (TPSA) is 111 Å². The highest BCUT2D eigenvalue weighted by atomic mass is 32.2. The van der Waals surface area contributed by atoms with Gasteiger partial charge in [0.25, 0.3) is 0 Å². The third kappa shape index (κ3) is 8.37. The Morgan fingerprint density at radius 2 is 1.75 bits per heavy atom. The fraction of sp³-hybridized carbons (Fsp3) is 0.900. The summed E-state index contributed by atoms with van der Waals surface area (Å²) in [4.78, 5) is 23.6. The van der Waals surface area contributed by atoms with Crippen LogP contribution in [0.2, 0.25) is 0 Å². The Bertz CT molecular complexity index is 494. The van der Waals surface area contributed by atoms with Crippen LogP contribution in [0.5, 0.6) is 0 Å². The molecule has 2 saturated heterocycles. The van der Waals surface area contributed by atoms with Crippen LogP contribution in [0.3, 0.4) is 0 Å². The van der Waals surface area contributed by atoms with Crippen LogP contribution in [0.15, 0.2) is 0 Å². The van der Waals surface area contributed by atoms with Gasteiger partial charge in [0.1, 0.15) is 5.78 Å². The van der Waals surface area contributed by atoms with Crippen molar-refractivity contribution in [2.45, 2.75) is 101 Å². The summed E-state index contributed by atoms with van der Waals surface area (Å²) in [5, 5.41) is 28.1. The van der Waals surface area contributed by atoms with Gasteiger partial charge in [0.2, 0.25) is 5.91 Å². The number of ketones is 1. The number of aliphatic hydroxyl groups is 2. The minimum Gasteiger partial charge on any atom is -0.394 e. The maximum atomic E-state index is 12.0. The molecule has 2 aliphatic heterocycles. The Labute approximate surface area is 172 Å². The number of unbranched alkanes of at least 4 members (excludes halogenated alkanes) is 4. The summed E-state index contributed by atoms with van der Waals surface area (Å²) in [7, 11) is 0. The van der Waals surface area contributed by atoms with Crippen LogP contribution in [0, 0.1) is 0 Å². The lowest BCUT2D eigenvalue weighted by atomic mass is 10.0. The number of carbonyl (C=O) groups excluding carboxylic acids is 2. The normalized spacial score (nSPS) is 27.5. The third-order valence-electron chi connectivity index (χ3n) is 5.53. The van der Waals surface area contributed by atoms with Crippen molar-refractivity contribution in [1.29, 1.82) is 0 Å². The summed E-state index contributed by atoms with van der Waals surface area (Å²) in [6.07, 6.45) is 8.02. The lowest BCUT2D eigenvalue weighted by molar-refractivity contribution is -0.122. The van der Waals surface area contributed by atoms with E-state index in [2.05, 4.69) is 16.0 Å². The first-order valence-electron chi connectivity index (χ1n) is 10.7. The van der Waals surface area contributed by atoms with Gasteiger partial charge in [0.05, 0.1) is 6.61 Å². The summed E-state index contributed by atoms with van der Waals surface area (Å²) in [5.74, 6) is 1.38. The number of carbonyl (C=O) groups is 2. The van der Waals surface area contributed by atoms with E-state index in [0.29, 0.717) is 42.4 Å². The number of hydrogen-bond donors (Lipinski definition) is 5. The van der Waals surface area contributed by atoms with Gasteiger partial charge in [-0.05, 0) is 32.6 Å². The number of aliphatic hydroxyl groups excluding tert-OH is 2. The van der Waals surface area contributed by atoms with Gasteiger partial charge in [0, 0.05) is 48.4 Å². The Hall–Kier alpha value is -0.670. The van der Waals surface area contributed by atoms with Gasteiger partial charge in [-0.15, -0.1) is 0 Å². The molecule has 2 rings (SSSR count). The van der Waals surface area contributed by atoms with Crippen LogP contribution in [0.25, 0.3) is 0 Å². The number of nitrogens with one attached hydrogen (secondary N) is 3. The fourth-order valence-electron chi connectivity index (χ4n) is 3.91. The molecule has 0 saturated carbocycles. The minimum atomic E-state index is -0.571. The molecule has 5 atom stereocenters. The van der Waals surface area contributed by atoms with Crippen molar-refractivity contribution in [2.75, 3.05) is 12.4 Å². The smallest absolute Gasteiger partial charge is 0.220 e. The van der Waals surface area contributed by atoms with Crippen LogP contribution in [0.1, 0.15) is 71.1 Å². The summed E-state index contributed by atoms with van der Waals surface area (Å²) >= 11 is 1.96. The maximum Gasteiger partial charge on any atom is 0.220 e. The molecule has 7 nitrogen and oxygen atoms in total. The van der Waals surface area contributed by atoms with Crippen molar-refractivity contribution in [3.8, 4) is 0 Å². The summed E-state index contributed by atoms with van der Waals surface area (Å²) < 4.78 is 0. The van der Waals surface area contributed by atoms with E-state index in [-0.39, 0.29) is 18.6 Å². The van der Waals surface area contributed by atoms with Gasteiger partial charge in [0.15, 0.2) is 6.35 Å². The van der Waals surface area contributed by atoms with Crippen molar-refractivity contribution in [3.05, 3.63) is 0 Å². The van der Waals surface area contributed by atoms with E-state index in [1.165, 1.54) is 0 Å². The molecule has 0 aromatic rings. The number of Topliss-reactive ketones (excluding diaryl/α,β-unsaturated/α-hetero) is 1. The molecule has 2 fully saturated rings. The Morgan fingerprint density at radius 1 is 1.07 bits per heavy atom. The number of hydrogen-bond acceptors (Lipinski definition) is 7. The van der Waals surface area contributed by atoms with E-state index in [0.717, 1.165) is 50.7 Å². The monoisotopic (exact) mass is 415 g/mol. The Morgan fingerprint density at radius 3 is 2.46 bits per heavy atom. The molecule has 8 heteroatoms. The molecule has 2 aliphatic rings. The van der Waals surface area contributed by atoms with Gasteiger partial charge >= 0.3 is 0 Å². The second-order valence-electron chi connectivity index (χ2n) is 8.09. The van der Waals surface area contributed by atoms with Gasteiger partial charge in [-0.2, -0.15) is 11.8 Å². The van der Waals surface area contributed by atoms with Crippen molar-refractivity contribution < 1.29 is 19.8 Å². The van der Waals surface area contributed by atoms with Crippen molar-refractivity contribution in [2.24, 2.45) is 0 Å². The zero-order valence-corrected chi connectivity index (χ0v) is 17.8. The van der Waals surface area contributed by atoms with E-state index >= 15 is 0 Å². The zero-order valence-electron chi connectivity index (χ0n) is 17.0. The molecule has 2 heterocycles. The van der Waals surface area contributed by atoms with E-state index in [1.807, 2.05) is 11.8 Å². The van der Waals surface area contributed by atoms with E-state index in [1.54, 1.807) is 6.92 Å². The van der Waals surface area contributed by atoms with Gasteiger partial charge < -0.3 is 15.5 Å². The van der Waals surface area contributed by atoms with Crippen LogP contribution >= 0.6 is 11.8 Å². The van der Waals surface area contributed by atoms with Crippen LogP contribution < -0.4 is 16.0 Å². The van der Waals surface area contributed by atoms with Gasteiger partial charge in [-0.25, -0.2) is 0 Å². The fourth-order valence-corrected chi connectivity index (χ4v) is 5.48. The molecule has 28 heavy (non-hydrogen) atoms. The average Bonchev–Trinajstić information content (AvgIpc) is 3.20. The lowest BCUT2D eigenvalue weighted by Crippen LogP contribution is -2.37. The quantitative estimate of drug-likeness (QED) is 0.272. The van der Waals surface area contributed by atoms with Crippen molar-refractivity contribution >= 4 is 23.5 Å². The number of rotatable bonds is 14. The standard InChI is InChI=1S/C20H37N3O4S/c1-14(12-24)21-18(26)11-5-3-2-4-8-15(25)9-6-7-10-17-19-16(13-28-17)22-20(27)23-19/h14,16-17,19-20,22-24,27H,2-13H2,1H3,(H,21,26). The van der Waals surface area contributed by atoms with Crippen LogP contribution in [0.4, 0.5) is 0 Å². The highest BCUT2D eigenvalue weighted by Gasteiger charge is 2.42. The summed E-state index contributed by atoms with van der Waals surface area (Å²) in [6.45, 7) is 1.74. The largest absolute Gasteiger partial charge is 0.394 e. The molecular formula is C20H37N3O4S. The number of amides is 1. The molecular weight excluding hydrogens is 378 g/mol. The van der Waals surface area contributed by atoms with E-state index in [9.17, 15) is 14.7 Å². The molecule has 1 amide bonds. The molecule has 162 valence electrons. The Balaban J connectivity index is 1.41. The van der Waals surface area contributed by atoms with Crippen LogP contribution in [-0.4, -0.2) is 64.0 Å². The SMILES string of the molecule is CC(CO)NC(=O)CCCCCCC(=O)CCCCC1SCC2NC(O)NC21. The summed E-state index contributed by atoms with van der Waals surface area (Å²) in [5.41, 5.74) is 0. The first-order valence-corrected chi connectivity index (χ1v) is 11.8. The molecule has 0 aromatic carbocycles. The van der Waals surface area contributed by atoms with Gasteiger partial charge in [-0.1, -0.05) is 19.3 Å². The molecule has 5 unspecified atom stereocenters. The highest BCUT2D eigenvalue weighted by Crippen LogP contribution is 2.33. The van der Waals surface area contributed by atoms with Crippen LogP contribution in [-0.2, 0) is 9.59 Å². The predicted molar refractivity (Wildman–Crippen MR) is 112 cm³/mol. The van der Waals surface area contributed by atoms with Crippen molar-refractivity contribution in [1.82, 2.24) is 16.0 Å². The number of fused-ring (bicyclic) bond motifs is 1. The van der Waals surface area contributed by atoms with E-state index in [4.69, 9.17) is 5.11 Å². The Kier molecular flexibility index (Phi) is 10.8. The van der Waals surface area contributed by atoms with Gasteiger partial charge in [-0.3, -0.25) is 20.2 Å². The molecule has 0 spiro atoms. The maximum absolute atomic E-state index is 12.0. The second kappa shape index (κ2) is 12.8. The lowest BCUT2D eigenvalue weighted by Gasteiger charge is -2.17. The number of thioether (sulfide) groups is 1. The third-order valence-corrected chi connectivity index (χ3v) is 7.04. The molecule has 0 aromatic heterocycles. The zero-order chi connectivity index (χ0) is 20.4. The molecule has 0 aliphatic carbocycles. The molecule has 0 bridgehead atoms. The average molecular weight is 416 g/mol.